The summed E-state index contributed by atoms with van der Waals surface area (Å²) in [5, 5.41) is 2.17. The second-order valence-electron chi connectivity index (χ2n) is 5.77. The zero-order valence-electron chi connectivity index (χ0n) is 14.5. The van der Waals surface area contributed by atoms with Gasteiger partial charge in [-0.2, -0.15) is 0 Å². The molecule has 0 aliphatic heterocycles. The lowest BCUT2D eigenvalue weighted by molar-refractivity contribution is 0.0733. The molecule has 0 saturated heterocycles. The van der Waals surface area contributed by atoms with Crippen LogP contribution in [0, 0.1) is 0 Å². The molecule has 0 radical (unpaired) electrons. The molecule has 3 heteroatoms. The van der Waals surface area contributed by atoms with Crippen LogP contribution in [-0.4, -0.2) is 12.6 Å². The third-order valence-electron chi connectivity index (χ3n) is 4.01. The first-order chi connectivity index (χ1) is 12.7. The smallest absolute Gasteiger partial charge is 0.343 e. The Hall–Kier alpha value is -3.33. The average molecular weight is 344 g/mol. The van der Waals surface area contributed by atoms with Gasteiger partial charge in [-0.1, -0.05) is 49.1 Å². The lowest BCUT2D eigenvalue weighted by Crippen LogP contribution is -2.10. The van der Waals surface area contributed by atoms with E-state index in [2.05, 4.69) is 13.2 Å². The fraction of sp³-hybridized carbons (Fsp3) is 0.0870. The van der Waals surface area contributed by atoms with Crippen LogP contribution < -0.4 is 9.47 Å². The summed E-state index contributed by atoms with van der Waals surface area (Å²) >= 11 is 0. The summed E-state index contributed by atoms with van der Waals surface area (Å²) in [7, 11) is 0. The highest BCUT2D eigenvalue weighted by Gasteiger charge is 2.13. The number of carbonyl (C=O) groups is 1. The molecule has 0 amide bonds. The van der Waals surface area contributed by atoms with E-state index in [-0.39, 0.29) is 0 Å². The van der Waals surface area contributed by atoms with Gasteiger partial charge in [-0.05, 0) is 47.5 Å². The molecule has 3 nitrogen and oxygen atoms in total. The minimum atomic E-state index is -0.402. The summed E-state index contributed by atoms with van der Waals surface area (Å²) in [6.07, 6.45) is 4.10. The Kier molecular flexibility index (Phi) is 5.49. The number of ether oxygens (including phenoxy) is 2. The molecule has 0 bridgehead atoms. The van der Waals surface area contributed by atoms with E-state index >= 15 is 0 Å². The normalized spacial score (nSPS) is 10.3. The molecule has 3 rings (SSSR count). The van der Waals surface area contributed by atoms with Gasteiger partial charge >= 0.3 is 5.97 Å². The third kappa shape index (κ3) is 3.83. The van der Waals surface area contributed by atoms with Crippen LogP contribution in [-0.2, 0) is 6.42 Å². The zero-order chi connectivity index (χ0) is 18.4. The predicted octanol–water partition coefficient (Wildman–Crippen LogP) is 5.35. The number of carbonyl (C=O) groups excluding carboxylic acids is 1. The lowest BCUT2D eigenvalue weighted by atomic mass is 10.0. The number of allylic oxidation sites excluding steroid dienone is 1. The van der Waals surface area contributed by atoms with Crippen LogP contribution in [0.4, 0.5) is 0 Å². The largest absolute Gasteiger partial charge is 0.490 e. The van der Waals surface area contributed by atoms with Crippen molar-refractivity contribution in [1.29, 1.82) is 0 Å². The van der Waals surface area contributed by atoms with Crippen molar-refractivity contribution in [3.05, 3.63) is 97.1 Å². The minimum absolute atomic E-state index is 0.402. The summed E-state index contributed by atoms with van der Waals surface area (Å²) in [4.78, 5) is 12.5. The molecule has 0 atom stereocenters. The summed E-state index contributed by atoms with van der Waals surface area (Å²) in [5.41, 5.74) is 1.42. The Morgan fingerprint density at radius 2 is 1.69 bits per heavy atom. The van der Waals surface area contributed by atoms with Crippen molar-refractivity contribution in [2.75, 3.05) is 6.61 Å². The van der Waals surface area contributed by atoms with Crippen molar-refractivity contribution < 1.29 is 14.3 Å². The second-order valence-corrected chi connectivity index (χ2v) is 5.77. The second kappa shape index (κ2) is 8.17. The Balaban J connectivity index is 1.85. The van der Waals surface area contributed by atoms with E-state index in [1.165, 1.54) is 0 Å². The van der Waals surface area contributed by atoms with E-state index in [4.69, 9.17) is 9.47 Å². The molecule has 0 aliphatic rings. The molecule has 3 aromatic rings. The SMILES string of the molecule is C=CCOc1ccc(C(=O)Oc2ccc3ccccc3c2CC=C)cc1. The van der Waals surface area contributed by atoms with Crippen molar-refractivity contribution in [2.45, 2.75) is 6.42 Å². The zero-order valence-corrected chi connectivity index (χ0v) is 14.5. The number of benzene rings is 3. The van der Waals surface area contributed by atoms with Crippen LogP contribution in [0.1, 0.15) is 15.9 Å². The maximum Gasteiger partial charge on any atom is 0.343 e. The molecule has 0 aliphatic carbocycles. The summed E-state index contributed by atoms with van der Waals surface area (Å²) in [6, 6.07) is 18.7. The van der Waals surface area contributed by atoms with Gasteiger partial charge < -0.3 is 9.47 Å². The van der Waals surface area contributed by atoms with Crippen LogP contribution in [0.2, 0.25) is 0 Å². The van der Waals surface area contributed by atoms with Gasteiger partial charge in [0, 0.05) is 5.56 Å². The van der Waals surface area contributed by atoms with Gasteiger partial charge in [-0.15, -0.1) is 6.58 Å². The van der Waals surface area contributed by atoms with Gasteiger partial charge in [0.1, 0.15) is 18.1 Å². The van der Waals surface area contributed by atoms with Gasteiger partial charge in [-0.3, -0.25) is 0 Å². The quantitative estimate of drug-likeness (QED) is 0.329. The molecular formula is C23H20O3. The molecular weight excluding hydrogens is 324 g/mol. The summed E-state index contributed by atoms with van der Waals surface area (Å²) in [6.45, 7) is 7.84. The molecule has 0 unspecified atom stereocenters. The number of fused-ring (bicyclic) bond motifs is 1. The van der Waals surface area contributed by atoms with E-state index in [9.17, 15) is 4.79 Å². The Morgan fingerprint density at radius 3 is 2.42 bits per heavy atom. The number of rotatable bonds is 7. The highest BCUT2D eigenvalue weighted by atomic mass is 16.5. The van der Waals surface area contributed by atoms with Crippen LogP contribution in [0.3, 0.4) is 0 Å². The molecule has 0 fully saturated rings. The first kappa shape index (κ1) is 17.5. The molecule has 0 heterocycles. The average Bonchev–Trinajstić information content (AvgIpc) is 2.68. The van der Waals surface area contributed by atoms with Crippen molar-refractivity contribution in [2.24, 2.45) is 0 Å². The van der Waals surface area contributed by atoms with Gasteiger partial charge in [0.25, 0.3) is 0 Å². The van der Waals surface area contributed by atoms with E-state index in [1.54, 1.807) is 30.3 Å². The van der Waals surface area contributed by atoms with Crippen molar-refractivity contribution >= 4 is 16.7 Å². The van der Waals surface area contributed by atoms with Gasteiger partial charge in [-0.25, -0.2) is 4.79 Å². The molecule has 0 N–H and O–H groups in total. The van der Waals surface area contributed by atoms with Gasteiger partial charge in [0.2, 0.25) is 0 Å². The minimum Gasteiger partial charge on any atom is -0.490 e. The van der Waals surface area contributed by atoms with E-state index < -0.39 is 5.97 Å². The predicted molar refractivity (Wildman–Crippen MR) is 105 cm³/mol. The molecule has 130 valence electrons. The summed E-state index contributed by atoms with van der Waals surface area (Å²) in [5.74, 6) is 0.834. The Bertz CT molecular complexity index is 939. The number of esters is 1. The van der Waals surface area contributed by atoms with Crippen LogP contribution in [0.25, 0.3) is 10.8 Å². The molecule has 3 aromatic carbocycles. The lowest BCUT2D eigenvalue weighted by Gasteiger charge is -2.12. The van der Waals surface area contributed by atoms with E-state index in [1.807, 2.05) is 42.5 Å². The first-order valence-electron chi connectivity index (χ1n) is 8.40. The summed E-state index contributed by atoms with van der Waals surface area (Å²) < 4.78 is 11.1. The fourth-order valence-electron chi connectivity index (χ4n) is 2.77. The standard InChI is InChI=1S/C23H20O3/c1-3-7-21-20-9-6-5-8-17(20)12-15-22(21)26-23(24)18-10-13-19(14-11-18)25-16-4-2/h3-6,8-15H,1-2,7,16H2. The van der Waals surface area contributed by atoms with Crippen molar-refractivity contribution in [3.8, 4) is 11.5 Å². The van der Waals surface area contributed by atoms with E-state index in [0.29, 0.717) is 30.1 Å². The van der Waals surface area contributed by atoms with Crippen LogP contribution >= 0.6 is 0 Å². The Labute approximate surface area is 153 Å². The highest BCUT2D eigenvalue weighted by molar-refractivity contribution is 5.93. The number of hydrogen-bond donors (Lipinski definition) is 0. The molecule has 0 saturated carbocycles. The van der Waals surface area contributed by atoms with Crippen LogP contribution in [0.15, 0.2) is 86.0 Å². The fourth-order valence-corrected chi connectivity index (χ4v) is 2.77. The first-order valence-corrected chi connectivity index (χ1v) is 8.40. The third-order valence-corrected chi connectivity index (χ3v) is 4.01. The van der Waals surface area contributed by atoms with Crippen LogP contribution in [0.5, 0.6) is 11.5 Å². The van der Waals surface area contributed by atoms with Gasteiger partial charge in [0.05, 0.1) is 5.56 Å². The maximum atomic E-state index is 12.5. The topological polar surface area (TPSA) is 35.5 Å². The molecule has 0 aromatic heterocycles. The van der Waals surface area contributed by atoms with Crippen molar-refractivity contribution in [1.82, 2.24) is 0 Å². The monoisotopic (exact) mass is 344 g/mol. The maximum absolute atomic E-state index is 12.5. The van der Waals surface area contributed by atoms with Crippen molar-refractivity contribution in [3.63, 3.8) is 0 Å². The van der Waals surface area contributed by atoms with Gasteiger partial charge in [0.15, 0.2) is 0 Å². The highest BCUT2D eigenvalue weighted by Crippen LogP contribution is 2.29. The van der Waals surface area contributed by atoms with E-state index in [0.717, 1.165) is 16.3 Å². The molecule has 0 spiro atoms. The number of hydrogen-bond acceptors (Lipinski definition) is 3. The molecule has 26 heavy (non-hydrogen) atoms. The Morgan fingerprint density at radius 1 is 0.923 bits per heavy atom.